The first-order valence-electron chi connectivity index (χ1n) is 7.62. The largest absolute Gasteiger partial charge is 0.508 e. The Morgan fingerprint density at radius 2 is 1.79 bits per heavy atom. The molecule has 1 aliphatic heterocycles. The van der Waals surface area contributed by atoms with Gasteiger partial charge in [-0.25, -0.2) is 4.90 Å². The molecule has 1 saturated heterocycles. The molecule has 3 rings (SSSR count). The van der Waals surface area contributed by atoms with Gasteiger partial charge in [-0.2, -0.15) is 0 Å². The number of thioether (sulfide) groups is 1. The summed E-state index contributed by atoms with van der Waals surface area (Å²) in [6, 6.07) is 14.0. The lowest BCUT2D eigenvalue weighted by Crippen LogP contribution is -2.27. The highest BCUT2D eigenvalue weighted by molar-refractivity contribution is 8.19. The van der Waals surface area contributed by atoms with Gasteiger partial charge in [0.25, 0.3) is 11.1 Å². The predicted molar refractivity (Wildman–Crippen MR) is 97.1 cm³/mol. The number of hydrogen-bond donors (Lipinski definition) is 1. The Morgan fingerprint density at radius 1 is 1.08 bits per heavy atom. The van der Waals surface area contributed by atoms with E-state index in [1.54, 1.807) is 18.2 Å². The second-order valence-electron chi connectivity index (χ2n) is 5.86. The van der Waals surface area contributed by atoms with E-state index in [0.717, 1.165) is 22.2 Å². The average molecular weight is 339 g/mol. The zero-order valence-corrected chi connectivity index (χ0v) is 14.2. The lowest BCUT2D eigenvalue weighted by molar-refractivity contribution is -0.113. The number of rotatable bonds is 3. The molecule has 1 N–H and O–H groups in total. The molecular weight excluding hydrogens is 322 g/mol. The van der Waals surface area contributed by atoms with Crippen LogP contribution >= 0.6 is 11.8 Å². The number of imide groups is 1. The number of carbonyl (C=O) groups excluding carboxylic acids is 2. The molecule has 1 aliphatic rings. The highest BCUT2D eigenvalue weighted by Crippen LogP contribution is 2.36. The third-order valence-electron chi connectivity index (χ3n) is 3.78. The van der Waals surface area contributed by atoms with Crippen molar-refractivity contribution in [3.63, 3.8) is 0 Å². The Morgan fingerprint density at radius 3 is 2.42 bits per heavy atom. The van der Waals surface area contributed by atoms with Crippen LogP contribution in [0.5, 0.6) is 5.75 Å². The number of benzene rings is 2. The van der Waals surface area contributed by atoms with E-state index in [0.29, 0.717) is 16.5 Å². The third-order valence-corrected chi connectivity index (χ3v) is 4.65. The molecule has 0 unspecified atom stereocenters. The van der Waals surface area contributed by atoms with Gasteiger partial charge < -0.3 is 5.11 Å². The van der Waals surface area contributed by atoms with E-state index in [9.17, 15) is 14.7 Å². The second kappa shape index (κ2) is 6.53. The molecular formula is C19H17NO3S. The van der Waals surface area contributed by atoms with Crippen molar-refractivity contribution in [2.75, 3.05) is 4.90 Å². The molecule has 0 atom stereocenters. The van der Waals surface area contributed by atoms with Crippen molar-refractivity contribution in [1.82, 2.24) is 0 Å². The first-order chi connectivity index (χ1) is 11.5. The number of phenols is 1. The van der Waals surface area contributed by atoms with Gasteiger partial charge >= 0.3 is 0 Å². The molecule has 0 saturated carbocycles. The summed E-state index contributed by atoms with van der Waals surface area (Å²) in [6.45, 7) is 4.24. The first kappa shape index (κ1) is 16.3. The van der Waals surface area contributed by atoms with Crippen LogP contribution in [0.15, 0.2) is 53.4 Å². The van der Waals surface area contributed by atoms with E-state index in [4.69, 9.17) is 0 Å². The minimum atomic E-state index is -0.372. The normalized spacial score (nSPS) is 16.5. The first-order valence-corrected chi connectivity index (χ1v) is 8.44. The number of carbonyl (C=O) groups is 2. The third kappa shape index (κ3) is 3.21. The van der Waals surface area contributed by atoms with E-state index in [2.05, 4.69) is 13.8 Å². The Labute approximate surface area is 144 Å². The Kier molecular flexibility index (Phi) is 4.44. The van der Waals surface area contributed by atoms with Gasteiger partial charge in [0.2, 0.25) is 0 Å². The van der Waals surface area contributed by atoms with Gasteiger partial charge in [-0.1, -0.05) is 44.2 Å². The minimum Gasteiger partial charge on any atom is -0.508 e. The van der Waals surface area contributed by atoms with Crippen molar-refractivity contribution in [2.24, 2.45) is 0 Å². The van der Waals surface area contributed by atoms with E-state index < -0.39 is 0 Å². The van der Waals surface area contributed by atoms with Crippen molar-refractivity contribution in [3.8, 4) is 5.75 Å². The molecule has 4 nitrogen and oxygen atoms in total. The van der Waals surface area contributed by atoms with Crippen molar-refractivity contribution >= 4 is 34.7 Å². The van der Waals surface area contributed by atoms with Crippen LogP contribution in [0, 0.1) is 0 Å². The average Bonchev–Trinajstić information content (AvgIpc) is 2.82. The summed E-state index contributed by atoms with van der Waals surface area (Å²) in [4.78, 5) is 26.2. The summed E-state index contributed by atoms with van der Waals surface area (Å²) in [7, 11) is 0. The second-order valence-corrected chi connectivity index (χ2v) is 6.85. The van der Waals surface area contributed by atoms with Crippen LogP contribution in [0.25, 0.3) is 6.08 Å². The summed E-state index contributed by atoms with van der Waals surface area (Å²) in [5.74, 6) is 0.0837. The van der Waals surface area contributed by atoms with Gasteiger partial charge in [0.15, 0.2) is 0 Å². The number of anilines is 1. The molecule has 2 amide bonds. The minimum absolute atomic E-state index is 0.0137. The van der Waals surface area contributed by atoms with Gasteiger partial charge in [-0.15, -0.1) is 0 Å². The standard InChI is InChI=1S/C19H17NO3S/c1-12(2)14-8-6-13(7-9-14)10-17-18(22)20(19(23)24-17)15-4-3-5-16(21)11-15/h3-12,21H,1-2H3. The number of amides is 2. The zero-order valence-electron chi connectivity index (χ0n) is 13.4. The van der Waals surface area contributed by atoms with E-state index in [-0.39, 0.29) is 16.9 Å². The van der Waals surface area contributed by atoms with Gasteiger partial charge in [0.05, 0.1) is 10.6 Å². The van der Waals surface area contributed by atoms with Crippen molar-refractivity contribution in [3.05, 3.63) is 64.6 Å². The zero-order chi connectivity index (χ0) is 17.3. The quantitative estimate of drug-likeness (QED) is 0.819. The number of aromatic hydroxyl groups is 1. The fraction of sp³-hybridized carbons (Fsp3) is 0.158. The van der Waals surface area contributed by atoms with Crippen LogP contribution in [-0.2, 0) is 4.79 Å². The van der Waals surface area contributed by atoms with Crippen LogP contribution in [0.1, 0.15) is 30.9 Å². The predicted octanol–water partition coefficient (Wildman–Crippen LogP) is 4.76. The maximum Gasteiger partial charge on any atom is 0.298 e. The molecule has 24 heavy (non-hydrogen) atoms. The SMILES string of the molecule is CC(C)c1ccc(C=C2SC(=O)N(c3cccc(O)c3)C2=O)cc1. The molecule has 0 spiro atoms. The lowest BCUT2D eigenvalue weighted by atomic mass is 10.0. The van der Waals surface area contributed by atoms with Crippen molar-refractivity contribution in [2.45, 2.75) is 19.8 Å². The van der Waals surface area contributed by atoms with E-state index in [1.165, 1.54) is 17.7 Å². The fourth-order valence-corrected chi connectivity index (χ4v) is 3.29. The maximum atomic E-state index is 12.5. The fourth-order valence-electron chi connectivity index (χ4n) is 2.45. The Hall–Kier alpha value is -2.53. The molecule has 122 valence electrons. The molecule has 2 aromatic rings. The van der Waals surface area contributed by atoms with Gasteiger partial charge in [-0.05, 0) is 47.0 Å². The van der Waals surface area contributed by atoms with Crippen molar-refractivity contribution < 1.29 is 14.7 Å². The molecule has 5 heteroatoms. The van der Waals surface area contributed by atoms with Crippen LogP contribution in [-0.4, -0.2) is 16.3 Å². The topological polar surface area (TPSA) is 57.6 Å². The molecule has 0 bridgehead atoms. The number of nitrogens with zero attached hydrogens (tertiary/aromatic N) is 1. The summed E-state index contributed by atoms with van der Waals surface area (Å²) >= 11 is 0.905. The molecule has 0 aliphatic carbocycles. The number of phenolic OH excluding ortho intramolecular Hbond substituents is 1. The van der Waals surface area contributed by atoms with Crippen molar-refractivity contribution in [1.29, 1.82) is 0 Å². The van der Waals surface area contributed by atoms with Crippen LogP contribution in [0.4, 0.5) is 10.5 Å². The summed E-state index contributed by atoms with van der Waals surface area (Å²) in [5, 5.41) is 9.18. The molecule has 0 radical (unpaired) electrons. The molecule has 2 aromatic carbocycles. The molecule has 0 aromatic heterocycles. The Bertz CT molecular complexity index is 825. The summed E-state index contributed by atoms with van der Waals surface area (Å²) in [6.07, 6.45) is 1.72. The van der Waals surface area contributed by atoms with Gasteiger partial charge in [0, 0.05) is 6.07 Å². The van der Waals surface area contributed by atoms with Gasteiger partial charge in [0.1, 0.15) is 5.75 Å². The highest BCUT2D eigenvalue weighted by atomic mass is 32.2. The molecule has 1 fully saturated rings. The van der Waals surface area contributed by atoms with E-state index >= 15 is 0 Å². The van der Waals surface area contributed by atoms with Crippen LogP contribution in [0.3, 0.4) is 0 Å². The van der Waals surface area contributed by atoms with E-state index in [1.807, 2.05) is 24.3 Å². The summed E-state index contributed by atoms with van der Waals surface area (Å²) < 4.78 is 0. The number of hydrogen-bond acceptors (Lipinski definition) is 4. The monoisotopic (exact) mass is 339 g/mol. The summed E-state index contributed by atoms with van der Waals surface area (Å²) in [5.41, 5.74) is 2.47. The molecule has 1 heterocycles. The van der Waals surface area contributed by atoms with Crippen LogP contribution < -0.4 is 4.90 Å². The smallest absolute Gasteiger partial charge is 0.298 e. The van der Waals surface area contributed by atoms with Crippen LogP contribution in [0.2, 0.25) is 0 Å². The van der Waals surface area contributed by atoms with Gasteiger partial charge in [-0.3, -0.25) is 9.59 Å². The maximum absolute atomic E-state index is 12.5. The lowest BCUT2D eigenvalue weighted by Gasteiger charge is -2.12. The Balaban J connectivity index is 1.88. The highest BCUT2D eigenvalue weighted by Gasteiger charge is 2.36.